The summed E-state index contributed by atoms with van der Waals surface area (Å²) >= 11 is 0. The molecule has 1 fully saturated rings. The highest BCUT2D eigenvalue weighted by Gasteiger charge is 2.20. The molecule has 1 aliphatic carbocycles. The smallest absolute Gasteiger partial charge is 0.00669 e. The van der Waals surface area contributed by atoms with E-state index in [1.165, 1.54) is 57.9 Å². The third-order valence-electron chi connectivity index (χ3n) is 3.60. The molecule has 1 atom stereocenters. The minimum Gasteiger partial charge on any atom is -0.314 e. The average molecular weight is 197 g/mol. The lowest BCUT2D eigenvalue weighted by Gasteiger charge is -2.20. The predicted molar refractivity (Wildman–Crippen MR) is 63.6 cm³/mol. The number of rotatable bonds is 7. The zero-order valence-corrected chi connectivity index (χ0v) is 10.0. The molecule has 1 heteroatoms. The van der Waals surface area contributed by atoms with E-state index in [4.69, 9.17) is 0 Å². The Morgan fingerprint density at radius 3 is 2.50 bits per heavy atom. The summed E-state index contributed by atoms with van der Waals surface area (Å²) in [5.41, 5.74) is 0. The molecule has 0 saturated heterocycles. The van der Waals surface area contributed by atoms with E-state index in [2.05, 4.69) is 19.2 Å². The Morgan fingerprint density at radius 2 is 1.86 bits per heavy atom. The Morgan fingerprint density at radius 1 is 1.14 bits per heavy atom. The van der Waals surface area contributed by atoms with Gasteiger partial charge in [0.2, 0.25) is 0 Å². The first-order valence-electron chi connectivity index (χ1n) is 6.58. The van der Waals surface area contributed by atoms with Crippen molar-refractivity contribution in [2.24, 2.45) is 5.92 Å². The van der Waals surface area contributed by atoms with E-state index in [0.29, 0.717) is 0 Å². The van der Waals surface area contributed by atoms with Gasteiger partial charge in [0.25, 0.3) is 0 Å². The fourth-order valence-electron chi connectivity index (χ4n) is 2.51. The van der Waals surface area contributed by atoms with E-state index >= 15 is 0 Å². The first kappa shape index (κ1) is 12.0. The van der Waals surface area contributed by atoms with E-state index in [1.807, 2.05) is 0 Å². The van der Waals surface area contributed by atoms with Gasteiger partial charge in [-0.05, 0) is 38.6 Å². The summed E-state index contributed by atoms with van der Waals surface area (Å²) in [4.78, 5) is 0. The maximum Gasteiger partial charge on any atom is 0.00669 e. The Hall–Kier alpha value is -0.0400. The molecule has 1 rings (SSSR count). The molecule has 1 N–H and O–H groups in total. The maximum atomic E-state index is 3.68. The minimum absolute atomic E-state index is 0.763. The molecule has 1 nitrogen and oxygen atoms in total. The number of nitrogens with one attached hydrogen (secondary N) is 1. The predicted octanol–water partition coefficient (Wildman–Crippen LogP) is 3.74. The third kappa shape index (κ3) is 4.45. The lowest BCUT2D eigenvalue weighted by Crippen LogP contribution is -2.32. The van der Waals surface area contributed by atoms with Gasteiger partial charge in [0, 0.05) is 6.04 Å². The Balaban J connectivity index is 1.94. The third-order valence-corrected chi connectivity index (χ3v) is 3.60. The Labute approximate surface area is 89.7 Å². The summed E-state index contributed by atoms with van der Waals surface area (Å²) in [7, 11) is 0. The molecule has 0 radical (unpaired) electrons. The van der Waals surface area contributed by atoms with Gasteiger partial charge in [-0.15, -0.1) is 0 Å². The summed E-state index contributed by atoms with van der Waals surface area (Å²) in [6, 6.07) is 0.763. The summed E-state index contributed by atoms with van der Waals surface area (Å²) < 4.78 is 0. The second-order valence-electron chi connectivity index (χ2n) is 4.85. The van der Waals surface area contributed by atoms with Crippen molar-refractivity contribution in [1.82, 2.24) is 5.32 Å². The quantitative estimate of drug-likeness (QED) is 0.613. The van der Waals surface area contributed by atoms with Gasteiger partial charge in [-0.2, -0.15) is 0 Å². The van der Waals surface area contributed by atoms with Crippen LogP contribution in [0.4, 0.5) is 0 Å². The van der Waals surface area contributed by atoms with Gasteiger partial charge in [0.1, 0.15) is 0 Å². The average Bonchev–Trinajstić information content (AvgIpc) is 2.70. The highest BCUT2D eigenvalue weighted by molar-refractivity contribution is 4.76. The lowest BCUT2D eigenvalue weighted by atomic mass is 10.00. The minimum atomic E-state index is 0.763. The van der Waals surface area contributed by atoms with Gasteiger partial charge in [0.05, 0.1) is 0 Å². The van der Waals surface area contributed by atoms with Crippen molar-refractivity contribution < 1.29 is 0 Å². The van der Waals surface area contributed by atoms with Crippen LogP contribution >= 0.6 is 0 Å². The molecule has 0 unspecified atom stereocenters. The molecular weight excluding hydrogens is 170 g/mol. The molecule has 1 aliphatic rings. The van der Waals surface area contributed by atoms with Crippen LogP contribution in [-0.2, 0) is 0 Å². The summed E-state index contributed by atoms with van der Waals surface area (Å²) in [5.74, 6) is 0.973. The molecule has 0 bridgehead atoms. The van der Waals surface area contributed by atoms with E-state index in [-0.39, 0.29) is 0 Å². The molecule has 0 heterocycles. The molecule has 0 spiro atoms. The molecule has 0 aromatic rings. The second kappa shape index (κ2) is 7.28. The van der Waals surface area contributed by atoms with Gasteiger partial charge in [-0.3, -0.25) is 0 Å². The van der Waals surface area contributed by atoms with Gasteiger partial charge in [-0.1, -0.05) is 39.0 Å². The van der Waals surface area contributed by atoms with Crippen molar-refractivity contribution in [2.75, 3.05) is 6.54 Å². The zero-order chi connectivity index (χ0) is 10.2. The monoisotopic (exact) mass is 197 g/mol. The van der Waals surface area contributed by atoms with Crippen LogP contribution < -0.4 is 5.32 Å². The highest BCUT2D eigenvalue weighted by atomic mass is 14.9. The summed E-state index contributed by atoms with van der Waals surface area (Å²) in [6.07, 6.45) is 11.4. The van der Waals surface area contributed by atoms with Crippen molar-refractivity contribution in [3.05, 3.63) is 0 Å². The van der Waals surface area contributed by atoms with Crippen LogP contribution in [0.1, 0.15) is 65.2 Å². The fourth-order valence-corrected chi connectivity index (χ4v) is 2.51. The molecule has 0 aliphatic heterocycles. The molecule has 0 aromatic heterocycles. The maximum absolute atomic E-state index is 3.68. The van der Waals surface area contributed by atoms with Crippen LogP contribution in [0.25, 0.3) is 0 Å². The molecule has 0 aromatic carbocycles. The fraction of sp³-hybridized carbons (Fsp3) is 1.00. The number of unbranched alkanes of at least 4 members (excludes halogenated alkanes) is 3. The van der Waals surface area contributed by atoms with Gasteiger partial charge < -0.3 is 5.32 Å². The van der Waals surface area contributed by atoms with Crippen LogP contribution in [-0.4, -0.2) is 12.6 Å². The normalized spacial score (nSPS) is 20.1. The highest BCUT2D eigenvalue weighted by Crippen LogP contribution is 2.27. The molecular formula is C13H27N. The summed E-state index contributed by atoms with van der Waals surface area (Å²) in [6.45, 7) is 5.88. The van der Waals surface area contributed by atoms with Crippen molar-refractivity contribution >= 4 is 0 Å². The van der Waals surface area contributed by atoms with E-state index in [0.717, 1.165) is 12.0 Å². The van der Waals surface area contributed by atoms with Crippen molar-refractivity contribution in [3.8, 4) is 0 Å². The molecule has 14 heavy (non-hydrogen) atoms. The van der Waals surface area contributed by atoms with Gasteiger partial charge in [0.15, 0.2) is 0 Å². The lowest BCUT2D eigenvalue weighted by molar-refractivity contribution is 0.378. The van der Waals surface area contributed by atoms with Crippen LogP contribution in [0.2, 0.25) is 0 Å². The first-order chi connectivity index (χ1) is 6.84. The van der Waals surface area contributed by atoms with Crippen LogP contribution in [0.15, 0.2) is 0 Å². The van der Waals surface area contributed by atoms with E-state index in [9.17, 15) is 0 Å². The van der Waals surface area contributed by atoms with Crippen molar-refractivity contribution in [2.45, 2.75) is 71.3 Å². The molecule has 0 amide bonds. The SMILES string of the molecule is CCCCCCN[C@@H](C)C1CCCC1. The van der Waals surface area contributed by atoms with E-state index < -0.39 is 0 Å². The van der Waals surface area contributed by atoms with Crippen LogP contribution in [0, 0.1) is 5.92 Å². The Kier molecular flexibility index (Phi) is 6.25. The summed E-state index contributed by atoms with van der Waals surface area (Å²) in [5, 5.41) is 3.68. The zero-order valence-electron chi connectivity index (χ0n) is 10.0. The number of hydrogen-bond acceptors (Lipinski definition) is 1. The van der Waals surface area contributed by atoms with Crippen molar-refractivity contribution in [1.29, 1.82) is 0 Å². The largest absolute Gasteiger partial charge is 0.314 e. The standard InChI is InChI=1S/C13H27N/c1-3-4-5-8-11-14-12(2)13-9-6-7-10-13/h12-14H,3-11H2,1-2H3/t12-/m0/s1. The van der Waals surface area contributed by atoms with Crippen LogP contribution in [0.3, 0.4) is 0 Å². The Bertz CT molecular complexity index is 127. The number of hydrogen-bond donors (Lipinski definition) is 1. The van der Waals surface area contributed by atoms with Gasteiger partial charge >= 0.3 is 0 Å². The molecule has 1 saturated carbocycles. The van der Waals surface area contributed by atoms with Crippen LogP contribution in [0.5, 0.6) is 0 Å². The molecule has 84 valence electrons. The van der Waals surface area contributed by atoms with Gasteiger partial charge in [-0.25, -0.2) is 0 Å². The second-order valence-corrected chi connectivity index (χ2v) is 4.85. The topological polar surface area (TPSA) is 12.0 Å². The van der Waals surface area contributed by atoms with Crippen molar-refractivity contribution in [3.63, 3.8) is 0 Å². The van der Waals surface area contributed by atoms with E-state index in [1.54, 1.807) is 0 Å². The first-order valence-corrected chi connectivity index (χ1v) is 6.58.